The van der Waals surface area contributed by atoms with Gasteiger partial charge in [0.1, 0.15) is 5.82 Å². The number of nitrogens with one attached hydrogen (secondary N) is 2. The molecule has 0 saturated carbocycles. The van der Waals surface area contributed by atoms with Gasteiger partial charge in [-0.3, -0.25) is 4.79 Å². The van der Waals surface area contributed by atoms with Crippen molar-refractivity contribution < 1.29 is 13.9 Å². The molecule has 0 bridgehead atoms. The van der Waals surface area contributed by atoms with Crippen LogP contribution in [-0.2, 0) is 16.0 Å². The number of carbonyl (C=O) groups is 1. The zero-order valence-electron chi connectivity index (χ0n) is 13.9. The minimum atomic E-state index is -0.243. The molecule has 136 valence electrons. The second kappa shape index (κ2) is 9.24. The van der Waals surface area contributed by atoms with E-state index < -0.39 is 0 Å². The first-order chi connectivity index (χ1) is 11.6. The summed E-state index contributed by atoms with van der Waals surface area (Å²) in [6.45, 7) is 3.94. The van der Waals surface area contributed by atoms with Crippen LogP contribution < -0.4 is 10.6 Å². The van der Waals surface area contributed by atoms with Crippen LogP contribution in [0, 0.1) is 12.7 Å². The Bertz CT molecular complexity index is 702. The average molecular weight is 386 g/mol. The van der Waals surface area contributed by atoms with Gasteiger partial charge in [0.25, 0.3) is 0 Å². The number of amides is 1. The number of aryl methyl sites for hydroxylation is 1. The fraction of sp³-hybridized carbons (Fsp3) is 0.412. The molecule has 1 amide bonds. The number of benzene rings is 1. The third-order valence-electron chi connectivity index (χ3n) is 3.85. The van der Waals surface area contributed by atoms with Crippen molar-refractivity contribution in [2.75, 3.05) is 25.1 Å². The molecule has 0 spiro atoms. The maximum Gasteiger partial charge on any atom is 0.227 e. The van der Waals surface area contributed by atoms with Gasteiger partial charge in [-0.25, -0.2) is 9.37 Å². The highest BCUT2D eigenvalue weighted by Crippen LogP contribution is 2.25. The second-order valence-corrected chi connectivity index (χ2v) is 6.89. The highest BCUT2D eigenvalue weighted by molar-refractivity contribution is 7.15. The number of anilines is 1. The van der Waals surface area contributed by atoms with Crippen LogP contribution in [0.3, 0.4) is 0 Å². The van der Waals surface area contributed by atoms with Crippen molar-refractivity contribution in [1.29, 1.82) is 0 Å². The topological polar surface area (TPSA) is 63.2 Å². The quantitative estimate of drug-likeness (QED) is 0.830. The second-order valence-electron chi connectivity index (χ2n) is 5.81. The van der Waals surface area contributed by atoms with Gasteiger partial charge in [0, 0.05) is 30.3 Å². The van der Waals surface area contributed by atoms with Crippen molar-refractivity contribution in [2.45, 2.75) is 25.8 Å². The molecule has 2 heterocycles. The van der Waals surface area contributed by atoms with Crippen LogP contribution in [-0.4, -0.2) is 36.7 Å². The minimum absolute atomic E-state index is 0. The Labute approximate surface area is 156 Å². The molecule has 2 N–H and O–H groups in total. The molecule has 25 heavy (non-hydrogen) atoms. The standard InChI is InChI=1S/C17H20FN3O2S.ClH/c1-11-15(8-12-2-4-13(18)5-3-12)24-17(20-11)21-16(22)9-14-10-23-7-6-19-14;/h2-5,14,19H,6-10H2,1H3,(H,20,21,22);1H. The molecule has 2 aromatic rings. The van der Waals surface area contributed by atoms with Gasteiger partial charge in [0.15, 0.2) is 5.13 Å². The predicted octanol–water partition coefficient (Wildman–Crippen LogP) is 2.92. The summed E-state index contributed by atoms with van der Waals surface area (Å²) < 4.78 is 18.3. The first-order valence-corrected chi connectivity index (χ1v) is 8.73. The van der Waals surface area contributed by atoms with Gasteiger partial charge in [-0.1, -0.05) is 12.1 Å². The number of hydrogen-bond donors (Lipinski definition) is 2. The fourth-order valence-corrected chi connectivity index (χ4v) is 3.59. The molecule has 1 aliphatic heterocycles. The molecule has 1 unspecified atom stereocenters. The van der Waals surface area contributed by atoms with Gasteiger partial charge in [-0.05, 0) is 24.6 Å². The molecule has 1 aromatic heterocycles. The summed E-state index contributed by atoms with van der Waals surface area (Å²) in [5.41, 5.74) is 1.91. The van der Waals surface area contributed by atoms with Gasteiger partial charge >= 0.3 is 0 Å². The van der Waals surface area contributed by atoms with Gasteiger partial charge in [0.2, 0.25) is 5.91 Å². The Balaban J connectivity index is 0.00000225. The van der Waals surface area contributed by atoms with E-state index in [0.29, 0.717) is 31.2 Å². The van der Waals surface area contributed by atoms with E-state index in [2.05, 4.69) is 15.6 Å². The van der Waals surface area contributed by atoms with Crippen LogP contribution in [0.25, 0.3) is 0 Å². The smallest absolute Gasteiger partial charge is 0.227 e. The van der Waals surface area contributed by atoms with Crippen LogP contribution >= 0.6 is 23.7 Å². The van der Waals surface area contributed by atoms with Crippen LogP contribution in [0.5, 0.6) is 0 Å². The number of morpholine rings is 1. The third-order valence-corrected chi connectivity index (χ3v) is 4.92. The summed E-state index contributed by atoms with van der Waals surface area (Å²) >= 11 is 1.46. The van der Waals surface area contributed by atoms with Crippen LogP contribution in [0.15, 0.2) is 24.3 Å². The van der Waals surface area contributed by atoms with Crippen molar-refractivity contribution in [3.05, 3.63) is 46.2 Å². The molecular formula is C17H21ClFN3O2S. The largest absolute Gasteiger partial charge is 0.378 e. The molecule has 5 nitrogen and oxygen atoms in total. The molecular weight excluding hydrogens is 365 g/mol. The monoisotopic (exact) mass is 385 g/mol. The number of carbonyl (C=O) groups excluding carboxylic acids is 1. The third kappa shape index (κ3) is 5.74. The Kier molecular flexibility index (Phi) is 7.31. The summed E-state index contributed by atoms with van der Waals surface area (Å²) in [4.78, 5) is 17.6. The van der Waals surface area contributed by atoms with E-state index in [9.17, 15) is 9.18 Å². The van der Waals surface area contributed by atoms with E-state index in [-0.39, 0.29) is 30.2 Å². The normalized spacial score (nSPS) is 17.0. The Morgan fingerprint density at radius 1 is 1.44 bits per heavy atom. The number of hydrogen-bond acceptors (Lipinski definition) is 5. The van der Waals surface area contributed by atoms with Crippen LogP contribution in [0.2, 0.25) is 0 Å². The predicted molar refractivity (Wildman–Crippen MR) is 99.2 cm³/mol. The molecule has 8 heteroatoms. The van der Waals surface area contributed by atoms with E-state index in [1.54, 1.807) is 12.1 Å². The number of thiazole rings is 1. The lowest BCUT2D eigenvalue weighted by atomic mass is 10.1. The van der Waals surface area contributed by atoms with E-state index in [1.807, 2.05) is 6.92 Å². The van der Waals surface area contributed by atoms with E-state index in [0.717, 1.165) is 22.7 Å². The summed E-state index contributed by atoms with van der Waals surface area (Å²) in [5, 5.41) is 6.72. The summed E-state index contributed by atoms with van der Waals surface area (Å²) in [5.74, 6) is -0.312. The molecule has 1 atom stereocenters. The number of aromatic nitrogens is 1. The van der Waals surface area contributed by atoms with E-state index in [1.165, 1.54) is 23.5 Å². The van der Waals surface area contributed by atoms with E-state index >= 15 is 0 Å². The van der Waals surface area contributed by atoms with Gasteiger partial charge in [-0.2, -0.15) is 0 Å². The molecule has 0 aliphatic carbocycles. The van der Waals surface area contributed by atoms with Crippen molar-refractivity contribution >= 4 is 34.8 Å². The number of rotatable bonds is 5. The van der Waals surface area contributed by atoms with Gasteiger partial charge in [0.05, 0.1) is 18.9 Å². The van der Waals surface area contributed by atoms with Gasteiger partial charge < -0.3 is 15.4 Å². The maximum atomic E-state index is 13.0. The van der Waals surface area contributed by atoms with Crippen molar-refractivity contribution in [1.82, 2.24) is 10.3 Å². The van der Waals surface area contributed by atoms with Crippen molar-refractivity contribution in [2.24, 2.45) is 0 Å². The molecule has 1 saturated heterocycles. The molecule has 1 aliphatic rings. The lowest BCUT2D eigenvalue weighted by Gasteiger charge is -2.22. The zero-order chi connectivity index (χ0) is 16.9. The Hall–Kier alpha value is -1.54. The Morgan fingerprint density at radius 3 is 2.88 bits per heavy atom. The first-order valence-electron chi connectivity index (χ1n) is 7.92. The van der Waals surface area contributed by atoms with E-state index in [4.69, 9.17) is 4.74 Å². The zero-order valence-corrected chi connectivity index (χ0v) is 15.5. The molecule has 1 aromatic carbocycles. The number of ether oxygens (including phenoxy) is 1. The summed E-state index contributed by atoms with van der Waals surface area (Å²) in [6.07, 6.45) is 1.05. The van der Waals surface area contributed by atoms with Crippen LogP contribution in [0.1, 0.15) is 22.6 Å². The van der Waals surface area contributed by atoms with Gasteiger partial charge in [-0.15, -0.1) is 23.7 Å². The van der Waals surface area contributed by atoms with Crippen molar-refractivity contribution in [3.63, 3.8) is 0 Å². The highest BCUT2D eigenvalue weighted by atomic mass is 35.5. The number of halogens is 2. The average Bonchev–Trinajstić information content (AvgIpc) is 2.89. The minimum Gasteiger partial charge on any atom is -0.378 e. The van der Waals surface area contributed by atoms with Crippen molar-refractivity contribution in [3.8, 4) is 0 Å². The maximum absolute atomic E-state index is 13.0. The number of nitrogens with zero attached hydrogens (tertiary/aromatic N) is 1. The molecule has 3 rings (SSSR count). The molecule has 1 fully saturated rings. The summed E-state index contributed by atoms with van der Waals surface area (Å²) in [6, 6.07) is 6.49. The lowest BCUT2D eigenvalue weighted by molar-refractivity contribution is -0.117. The highest BCUT2D eigenvalue weighted by Gasteiger charge is 2.18. The lowest BCUT2D eigenvalue weighted by Crippen LogP contribution is -2.43. The molecule has 0 radical (unpaired) electrons. The fourth-order valence-electron chi connectivity index (χ4n) is 2.58. The summed E-state index contributed by atoms with van der Waals surface area (Å²) in [7, 11) is 0. The first kappa shape index (κ1) is 19.8. The van der Waals surface area contributed by atoms with Crippen LogP contribution in [0.4, 0.5) is 9.52 Å². The SMILES string of the molecule is Cc1nc(NC(=O)CC2COCCN2)sc1Cc1ccc(F)cc1.Cl. The Morgan fingerprint density at radius 2 is 2.20 bits per heavy atom.